The van der Waals surface area contributed by atoms with Crippen molar-refractivity contribution in [2.45, 2.75) is 31.4 Å². The van der Waals surface area contributed by atoms with E-state index in [-0.39, 0.29) is 35.9 Å². The fraction of sp³-hybridized carbons (Fsp3) is 0.476. The lowest BCUT2D eigenvalue weighted by Gasteiger charge is -2.42. The van der Waals surface area contributed by atoms with Crippen molar-refractivity contribution in [3.63, 3.8) is 0 Å². The first-order chi connectivity index (χ1) is 15.0. The van der Waals surface area contributed by atoms with Crippen LogP contribution in [-0.4, -0.2) is 76.4 Å². The van der Waals surface area contributed by atoms with E-state index in [1.807, 2.05) is 30.3 Å². The number of benzene rings is 1. The molecular formula is C21H26F2N4O4. The second kappa shape index (κ2) is 11.0. The molecule has 1 aromatic carbocycles. The van der Waals surface area contributed by atoms with Gasteiger partial charge in [0.05, 0.1) is 18.8 Å². The molecule has 1 aromatic heterocycles. The number of H-pyrrole nitrogens is 1. The van der Waals surface area contributed by atoms with Gasteiger partial charge < -0.3 is 19.6 Å². The summed E-state index contributed by atoms with van der Waals surface area (Å²) in [6, 6.07) is 10.6. The van der Waals surface area contributed by atoms with E-state index < -0.39 is 6.43 Å². The molecule has 0 saturated carbocycles. The number of likely N-dealkylation sites (tertiary alicyclic amines) is 1. The van der Waals surface area contributed by atoms with Crippen LogP contribution in [0.1, 0.15) is 47.1 Å². The van der Waals surface area contributed by atoms with Crippen LogP contribution in [0.3, 0.4) is 0 Å². The fourth-order valence-electron chi connectivity index (χ4n) is 4.08. The summed E-state index contributed by atoms with van der Waals surface area (Å²) in [6.45, 7) is 3.37. The molecule has 2 aliphatic heterocycles. The maximum atomic E-state index is 13.1. The van der Waals surface area contributed by atoms with Gasteiger partial charge in [0.2, 0.25) is 0 Å². The molecule has 0 aliphatic carbocycles. The van der Waals surface area contributed by atoms with Crippen molar-refractivity contribution in [2.24, 2.45) is 0 Å². The molecular weight excluding hydrogens is 410 g/mol. The number of aromatic nitrogens is 2. The average Bonchev–Trinajstić information content (AvgIpc) is 3.47. The number of morpholine rings is 1. The zero-order valence-electron chi connectivity index (χ0n) is 17.0. The number of rotatable bonds is 5. The standard InChI is InChI=1S/C20H24F2N4O2.CH2O2/c21-19(22)15-12-16(24-23-15)20(27)26-10-11-28-17(13-25-8-4-5-9-25)18(26)14-6-2-1-3-7-14;2-1-3/h1-3,6-7,12,17-19H,4-5,8-11,13H2,(H,23,24);1H,(H,2,3)/t17-,18-;/m0./s1. The largest absolute Gasteiger partial charge is 0.483 e. The molecule has 1 amide bonds. The smallest absolute Gasteiger partial charge is 0.290 e. The number of carboxylic acid groups (broad SMARTS) is 1. The molecule has 4 rings (SSSR count). The maximum absolute atomic E-state index is 13.1. The third-order valence-corrected chi connectivity index (χ3v) is 5.44. The highest BCUT2D eigenvalue weighted by Gasteiger charge is 2.38. The molecule has 0 bridgehead atoms. The Kier molecular flexibility index (Phi) is 8.07. The summed E-state index contributed by atoms with van der Waals surface area (Å²) in [4.78, 5) is 25.6. The van der Waals surface area contributed by atoms with Gasteiger partial charge in [-0.25, -0.2) is 8.78 Å². The summed E-state index contributed by atoms with van der Waals surface area (Å²) in [5.74, 6) is -0.355. The molecule has 10 heteroatoms. The zero-order valence-corrected chi connectivity index (χ0v) is 17.0. The van der Waals surface area contributed by atoms with E-state index >= 15 is 0 Å². The lowest BCUT2D eigenvalue weighted by molar-refractivity contribution is -0.122. The number of nitrogens with zero attached hydrogens (tertiary/aromatic N) is 3. The molecule has 0 unspecified atom stereocenters. The molecule has 2 saturated heterocycles. The molecule has 2 aromatic rings. The Bertz CT molecular complexity index is 843. The lowest BCUT2D eigenvalue weighted by atomic mass is 9.97. The van der Waals surface area contributed by atoms with Gasteiger partial charge in [-0.2, -0.15) is 5.10 Å². The highest BCUT2D eigenvalue weighted by atomic mass is 19.3. The Morgan fingerprint density at radius 1 is 1.26 bits per heavy atom. The number of alkyl halides is 2. The van der Waals surface area contributed by atoms with E-state index in [4.69, 9.17) is 14.6 Å². The maximum Gasteiger partial charge on any atom is 0.290 e. The number of aromatic amines is 1. The van der Waals surface area contributed by atoms with E-state index in [1.54, 1.807) is 4.90 Å². The SMILES string of the molecule is O=C(c1cc(C(F)F)[nH]n1)N1CCO[C@@H](CN2CCCC2)[C@@H]1c1ccccc1.O=CO. The van der Waals surface area contributed by atoms with Gasteiger partial charge in [0.25, 0.3) is 18.8 Å². The summed E-state index contributed by atoms with van der Waals surface area (Å²) in [6.07, 6.45) is -0.511. The predicted molar refractivity (Wildman–Crippen MR) is 108 cm³/mol. The van der Waals surface area contributed by atoms with E-state index in [2.05, 4.69) is 15.1 Å². The second-order valence-corrected chi connectivity index (χ2v) is 7.39. The summed E-state index contributed by atoms with van der Waals surface area (Å²) in [5, 5.41) is 13.0. The van der Waals surface area contributed by atoms with E-state index in [0.717, 1.165) is 31.3 Å². The first-order valence-electron chi connectivity index (χ1n) is 10.2. The first-order valence-corrected chi connectivity index (χ1v) is 10.2. The quantitative estimate of drug-likeness (QED) is 0.700. The Morgan fingerprint density at radius 3 is 2.55 bits per heavy atom. The highest BCUT2D eigenvalue weighted by molar-refractivity contribution is 5.92. The van der Waals surface area contributed by atoms with Crippen LogP contribution in [0.5, 0.6) is 0 Å². The minimum Gasteiger partial charge on any atom is -0.483 e. The van der Waals surface area contributed by atoms with Gasteiger partial charge in [-0.05, 0) is 37.6 Å². The van der Waals surface area contributed by atoms with Gasteiger partial charge in [0, 0.05) is 13.1 Å². The van der Waals surface area contributed by atoms with Crippen LogP contribution in [0.15, 0.2) is 36.4 Å². The second-order valence-electron chi connectivity index (χ2n) is 7.39. The number of ether oxygens (including phenoxy) is 1. The van der Waals surface area contributed by atoms with Crippen LogP contribution >= 0.6 is 0 Å². The van der Waals surface area contributed by atoms with Gasteiger partial charge in [0.1, 0.15) is 5.69 Å². The molecule has 31 heavy (non-hydrogen) atoms. The minimum absolute atomic E-state index is 0.0121. The van der Waals surface area contributed by atoms with Gasteiger partial charge in [-0.15, -0.1) is 0 Å². The number of carbonyl (C=O) groups is 2. The van der Waals surface area contributed by atoms with Crippen molar-refractivity contribution < 1.29 is 28.2 Å². The van der Waals surface area contributed by atoms with Crippen LogP contribution in [0.4, 0.5) is 8.78 Å². The number of halogens is 2. The van der Waals surface area contributed by atoms with Gasteiger partial charge in [-0.1, -0.05) is 30.3 Å². The topological polar surface area (TPSA) is 98.8 Å². The van der Waals surface area contributed by atoms with Crippen molar-refractivity contribution in [3.05, 3.63) is 53.3 Å². The number of carbonyl (C=O) groups excluding carboxylic acids is 1. The Hall–Kier alpha value is -2.85. The zero-order chi connectivity index (χ0) is 22.2. The number of hydrogen-bond acceptors (Lipinski definition) is 5. The van der Waals surface area contributed by atoms with Gasteiger partial charge >= 0.3 is 0 Å². The summed E-state index contributed by atoms with van der Waals surface area (Å²) in [5.41, 5.74) is 0.643. The predicted octanol–water partition coefficient (Wildman–Crippen LogP) is 2.73. The minimum atomic E-state index is -2.69. The third kappa shape index (κ3) is 5.65. The summed E-state index contributed by atoms with van der Waals surface area (Å²) >= 11 is 0. The number of hydrogen-bond donors (Lipinski definition) is 2. The monoisotopic (exact) mass is 436 g/mol. The van der Waals surface area contributed by atoms with Crippen LogP contribution < -0.4 is 0 Å². The fourth-order valence-corrected chi connectivity index (χ4v) is 4.08. The van der Waals surface area contributed by atoms with E-state index in [0.29, 0.717) is 13.2 Å². The molecule has 0 radical (unpaired) electrons. The van der Waals surface area contributed by atoms with Crippen LogP contribution in [0.25, 0.3) is 0 Å². The van der Waals surface area contributed by atoms with Crippen LogP contribution in [0, 0.1) is 0 Å². The molecule has 2 atom stereocenters. The van der Waals surface area contributed by atoms with E-state index in [1.165, 1.54) is 12.8 Å². The molecule has 8 nitrogen and oxygen atoms in total. The molecule has 2 N–H and O–H groups in total. The molecule has 3 heterocycles. The normalized spacial score (nSPS) is 21.6. The van der Waals surface area contributed by atoms with Gasteiger partial charge in [-0.3, -0.25) is 14.7 Å². The van der Waals surface area contributed by atoms with Crippen molar-refractivity contribution >= 4 is 12.4 Å². The highest BCUT2D eigenvalue weighted by Crippen LogP contribution is 2.32. The molecule has 2 aliphatic rings. The number of nitrogens with one attached hydrogen (secondary N) is 1. The van der Waals surface area contributed by atoms with E-state index in [9.17, 15) is 13.6 Å². The van der Waals surface area contributed by atoms with Crippen molar-refractivity contribution in [2.75, 3.05) is 32.8 Å². The van der Waals surface area contributed by atoms with Gasteiger partial charge in [0.15, 0.2) is 5.69 Å². The summed E-state index contributed by atoms with van der Waals surface area (Å²) < 4.78 is 31.9. The molecule has 168 valence electrons. The lowest BCUT2D eigenvalue weighted by Crippen LogP contribution is -2.51. The Labute approximate surface area is 178 Å². The van der Waals surface area contributed by atoms with Crippen molar-refractivity contribution in [3.8, 4) is 0 Å². The van der Waals surface area contributed by atoms with Crippen LogP contribution in [-0.2, 0) is 9.53 Å². The number of amides is 1. The summed E-state index contributed by atoms with van der Waals surface area (Å²) in [7, 11) is 0. The first kappa shape index (κ1) is 22.8. The third-order valence-electron chi connectivity index (χ3n) is 5.44. The Balaban J connectivity index is 0.000000858. The molecule has 0 spiro atoms. The molecule has 2 fully saturated rings. The average molecular weight is 436 g/mol. The Morgan fingerprint density at radius 2 is 1.94 bits per heavy atom. The van der Waals surface area contributed by atoms with Crippen molar-refractivity contribution in [1.29, 1.82) is 0 Å². The van der Waals surface area contributed by atoms with Crippen molar-refractivity contribution in [1.82, 2.24) is 20.0 Å². The van der Waals surface area contributed by atoms with Crippen LogP contribution in [0.2, 0.25) is 0 Å².